The van der Waals surface area contributed by atoms with Crippen LogP contribution in [0.25, 0.3) is 0 Å². The first-order chi connectivity index (χ1) is 5.76. The maximum absolute atomic E-state index is 10.8. The van der Waals surface area contributed by atoms with Crippen LogP contribution in [0.1, 0.15) is 12.8 Å². The fraction of sp³-hybridized carbons (Fsp3) is 0.444. The lowest BCUT2D eigenvalue weighted by Crippen LogP contribution is -2.00. The molecule has 1 saturated heterocycles. The van der Waals surface area contributed by atoms with Crippen molar-refractivity contribution in [1.82, 2.24) is 0 Å². The minimum Gasteiger partial charge on any atom is -0.490 e. The van der Waals surface area contributed by atoms with E-state index in [-0.39, 0.29) is 12.1 Å². The number of ether oxygens (including phenoxy) is 2. The van der Waals surface area contributed by atoms with Gasteiger partial charge in [0.25, 0.3) is 0 Å². The summed E-state index contributed by atoms with van der Waals surface area (Å²) in [6.45, 7) is 3.61. The fourth-order valence-electron chi connectivity index (χ4n) is 1.06. The van der Waals surface area contributed by atoms with Crippen LogP contribution >= 0.6 is 0 Å². The Balaban J connectivity index is 2.50. The second kappa shape index (κ2) is 3.95. The van der Waals surface area contributed by atoms with Crippen LogP contribution in [0.2, 0.25) is 0 Å². The number of hydrogen-bond donors (Lipinski definition) is 0. The van der Waals surface area contributed by atoms with Crippen LogP contribution in [0, 0.1) is 0 Å². The predicted molar refractivity (Wildman–Crippen MR) is 44.4 cm³/mol. The molecule has 1 rings (SSSR count). The second-order valence-corrected chi connectivity index (χ2v) is 2.56. The van der Waals surface area contributed by atoms with Crippen LogP contribution in [0.4, 0.5) is 0 Å². The van der Waals surface area contributed by atoms with Crippen molar-refractivity contribution in [3.8, 4) is 0 Å². The summed E-state index contributed by atoms with van der Waals surface area (Å²) < 4.78 is 9.79. The summed E-state index contributed by atoms with van der Waals surface area (Å²) in [7, 11) is 1.35. The van der Waals surface area contributed by atoms with Gasteiger partial charge in [0, 0.05) is 6.42 Å². The molecular weight excluding hydrogens is 156 g/mol. The molecule has 1 atom stereocenters. The molecule has 1 unspecified atom stereocenters. The van der Waals surface area contributed by atoms with Crippen molar-refractivity contribution in [3.63, 3.8) is 0 Å². The van der Waals surface area contributed by atoms with Crippen molar-refractivity contribution < 1.29 is 14.3 Å². The van der Waals surface area contributed by atoms with Crippen LogP contribution in [-0.2, 0) is 14.3 Å². The maximum Gasteiger partial charge on any atom is 0.333 e. The Labute approximate surface area is 71.7 Å². The molecule has 66 valence electrons. The van der Waals surface area contributed by atoms with Gasteiger partial charge in [-0.15, -0.1) is 0 Å². The van der Waals surface area contributed by atoms with E-state index in [1.165, 1.54) is 13.2 Å². The lowest BCUT2D eigenvalue weighted by Gasteiger charge is -2.03. The molecule has 0 N–H and O–H groups in total. The molecule has 0 amide bonds. The topological polar surface area (TPSA) is 35.5 Å². The monoisotopic (exact) mass is 168 g/mol. The number of methoxy groups -OCH3 is 1. The molecule has 1 aliphatic heterocycles. The molecule has 0 saturated carbocycles. The number of carbonyl (C=O) groups is 1. The van der Waals surface area contributed by atoms with Gasteiger partial charge in [-0.25, -0.2) is 4.79 Å². The zero-order chi connectivity index (χ0) is 8.97. The zero-order valence-corrected chi connectivity index (χ0v) is 7.08. The summed E-state index contributed by atoms with van der Waals surface area (Å²) in [4.78, 5) is 10.8. The normalized spacial score (nSPS) is 25.1. The lowest BCUT2D eigenvalue weighted by molar-refractivity contribution is -0.135. The van der Waals surface area contributed by atoms with Gasteiger partial charge in [0.05, 0.1) is 13.2 Å². The Morgan fingerprint density at radius 2 is 2.58 bits per heavy atom. The van der Waals surface area contributed by atoms with Gasteiger partial charge in [0.1, 0.15) is 11.9 Å². The fourth-order valence-corrected chi connectivity index (χ4v) is 1.06. The van der Waals surface area contributed by atoms with E-state index < -0.39 is 0 Å². The molecule has 0 aromatic carbocycles. The largest absolute Gasteiger partial charge is 0.490 e. The zero-order valence-electron chi connectivity index (χ0n) is 7.08. The average Bonchev–Trinajstić information content (AvgIpc) is 2.52. The molecule has 3 nitrogen and oxygen atoms in total. The smallest absolute Gasteiger partial charge is 0.333 e. The molecule has 0 aromatic rings. The third kappa shape index (κ3) is 2.12. The van der Waals surface area contributed by atoms with Gasteiger partial charge in [-0.3, -0.25) is 0 Å². The highest BCUT2D eigenvalue weighted by Gasteiger charge is 2.18. The highest BCUT2D eigenvalue weighted by Crippen LogP contribution is 2.23. The Hall–Kier alpha value is -1.25. The van der Waals surface area contributed by atoms with E-state index in [0.717, 1.165) is 12.8 Å². The van der Waals surface area contributed by atoms with Crippen LogP contribution in [0.3, 0.4) is 0 Å². The summed E-state index contributed by atoms with van der Waals surface area (Å²) in [5.41, 5.74) is 0. The van der Waals surface area contributed by atoms with Gasteiger partial charge in [0.2, 0.25) is 0 Å². The molecule has 1 heterocycles. The highest BCUT2D eigenvalue weighted by molar-refractivity contribution is 5.82. The van der Waals surface area contributed by atoms with Crippen LogP contribution in [-0.4, -0.2) is 19.2 Å². The first-order valence-corrected chi connectivity index (χ1v) is 3.84. The summed E-state index contributed by atoms with van der Waals surface area (Å²) in [6.07, 6.45) is 4.85. The lowest BCUT2D eigenvalue weighted by atomic mass is 10.2. The van der Waals surface area contributed by atoms with E-state index in [1.807, 2.05) is 0 Å². The number of esters is 1. The number of allylic oxidation sites excluding steroid dienone is 1. The van der Waals surface area contributed by atoms with Crippen molar-refractivity contribution in [1.29, 1.82) is 0 Å². The highest BCUT2D eigenvalue weighted by atomic mass is 16.5. The Morgan fingerprint density at radius 3 is 3.08 bits per heavy atom. The molecule has 0 aliphatic carbocycles. The van der Waals surface area contributed by atoms with Gasteiger partial charge in [-0.1, -0.05) is 12.7 Å². The first kappa shape index (κ1) is 8.84. The minimum absolute atomic E-state index is 0.0564. The molecule has 0 spiro atoms. The summed E-state index contributed by atoms with van der Waals surface area (Å²) in [6, 6.07) is 0. The average molecular weight is 168 g/mol. The van der Waals surface area contributed by atoms with E-state index in [4.69, 9.17) is 4.74 Å². The Bertz CT molecular complexity index is 218. The minimum atomic E-state index is -0.366. The molecule has 0 aromatic heterocycles. The van der Waals surface area contributed by atoms with E-state index in [1.54, 1.807) is 6.08 Å². The summed E-state index contributed by atoms with van der Waals surface area (Å²) in [5, 5.41) is 0. The van der Waals surface area contributed by atoms with Gasteiger partial charge in [-0.05, 0) is 6.42 Å². The van der Waals surface area contributed by atoms with Crippen molar-refractivity contribution in [2.75, 3.05) is 7.11 Å². The maximum atomic E-state index is 10.8. The van der Waals surface area contributed by atoms with Crippen molar-refractivity contribution in [2.45, 2.75) is 18.9 Å². The second-order valence-electron chi connectivity index (χ2n) is 2.56. The summed E-state index contributed by atoms with van der Waals surface area (Å²) >= 11 is 0. The van der Waals surface area contributed by atoms with Gasteiger partial charge in [0.15, 0.2) is 0 Å². The molecule has 12 heavy (non-hydrogen) atoms. The van der Waals surface area contributed by atoms with Gasteiger partial charge < -0.3 is 9.47 Å². The predicted octanol–water partition coefficient (Wildman–Crippen LogP) is 1.41. The summed E-state index contributed by atoms with van der Waals surface area (Å²) in [5.74, 6) is 0.321. The van der Waals surface area contributed by atoms with Crippen LogP contribution in [0.5, 0.6) is 0 Å². The molecule has 1 fully saturated rings. The van der Waals surface area contributed by atoms with E-state index in [0.29, 0.717) is 5.76 Å². The van der Waals surface area contributed by atoms with Crippen LogP contribution < -0.4 is 0 Å². The third-order valence-corrected chi connectivity index (χ3v) is 1.72. The van der Waals surface area contributed by atoms with Crippen LogP contribution in [0.15, 0.2) is 24.5 Å². The molecular formula is C9H12O3. The van der Waals surface area contributed by atoms with Gasteiger partial charge >= 0.3 is 5.97 Å². The number of hydrogen-bond acceptors (Lipinski definition) is 3. The van der Waals surface area contributed by atoms with Crippen molar-refractivity contribution in [2.24, 2.45) is 0 Å². The molecule has 0 bridgehead atoms. The molecule has 0 radical (unpaired) electrons. The number of carbonyl (C=O) groups excluding carboxylic acids is 1. The standard InChI is InChI=1S/C9H12O3/c1-3-7-4-5-8(12-7)6-9(10)11-2/h3,6-7H,1,4-5H2,2H3/b8-6-. The molecule has 3 heteroatoms. The van der Waals surface area contributed by atoms with Gasteiger partial charge in [-0.2, -0.15) is 0 Å². The quantitative estimate of drug-likeness (QED) is 0.355. The van der Waals surface area contributed by atoms with Crippen molar-refractivity contribution in [3.05, 3.63) is 24.5 Å². The SMILES string of the molecule is C=CC1CC/C(=C/C(=O)OC)O1. The van der Waals surface area contributed by atoms with E-state index in [9.17, 15) is 4.79 Å². The van der Waals surface area contributed by atoms with Crippen molar-refractivity contribution >= 4 is 5.97 Å². The Morgan fingerprint density at radius 1 is 1.83 bits per heavy atom. The molecule has 1 aliphatic rings. The Kier molecular flexibility index (Phi) is 2.91. The van der Waals surface area contributed by atoms with E-state index >= 15 is 0 Å². The number of rotatable bonds is 2. The van der Waals surface area contributed by atoms with E-state index in [2.05, 4.69) is 11.3 Å². The third-order valence-electron chi connectivity index (χ3n) is 1.72. The first-order valence-electron chi connectivity index (χ1n) is 3.84.